The molecule has 0 unspecified atom stereocenters. The van der Waals surface area contributed by atoms with E-state index in [-0.39, 0.29) is 39.3 Å². The highest BCUT2D eigenvalue weighted by molar-refractivity contribution is 7.93. The van der Waals surface area contributed by atoms with Gasteiger partial charge in [-0.15, -0.1) is 0 Å². The van der Waals surface area contributed by atoms with Gasteiger partial charge in [0.1, 0.15) is 18.0 Å². The van der Waals surface area contributed by atoms with Crippen LogP contribution in [0.2, 0.25) is 5.02 Å². The molecule has 4 rings (SSSR count). The van der Waals surface area contributed by atoms with E-state index in [1.54, 1.807) is 25.1 Å². The second-order valence-electron chi connectivity index (χ2n) is 8.89. The summed E-state index contributed by atoms with van der Waals surface area (Å²) >= 11 is 5.96. The average Bonchev–Trinajstić information content (AvgIpc) is 3.49. The van der Waals surface area contributed by atoms with Crippen LogP contribution in [-0.2, 0) is 24.8 Å². The second-order valence-corrected chi connectivity index (χ2v) is 13.1. The number of methoxy groups -OCH3 is 1. The summed E-state index contributed by atoms with van der Waals surface area (Å²) in [6.45, 7) is 2.24. The van der Waals surface area contributed by atoms with Crippen LogP contribution < -0.4 is 19.1 Å². The predicted molar refractivity (Wildman–Crippen MR) is 153 cm³/mol. The number of nitrogens with one attached hydrogen (secondary N) is 1. The predicted octanol–water partition coefficient (Wildman–Crippen LogP) is 4.37. The molecule has 0 atom stereocenters. The highest BCUT2D eigenvalue weighted by atomic mass is 35.5. The number of hydrogen-bond donors (Lipinski definition) is 1. The number of hydrogen-bond acceptors (Lipinski definition) is 7. The smallest absolute Gasteiger partial charge is 0.264 e. The normalized spacial score (nSPS) is 14.1. The molecule has 3 aromatic rings. The fourth-order valence-electron chi connectivity index (χ4n) is 4.32. The molecular formula is C27H30ClN3O7S2. The molecule has 0 aromatic heterocycles. The molecule has 1 saturated heterocycles. The number of sulfonamides is 2. The number of carbonyl (C=O) groups is 1. The van der Waals surface area contributed by atoms with Crippen molar-refractivity contribution in [2.75, 3.05) is 43.0 Å². The van der Waals surface area contributed by atoms with Gasteiger partial charge in [0.15, 0.2) is 0 Å². The number of anilines is 2. The zero-order valence-electron chi connectivity index (χ0n) is 22.0. The first-order valence-corrected chi connectivity index (χ1v) is 15.8. The number of benzene rings is 3. The Hall–Kier alpha value is -3.32. The van der Waals surface area contributed by atoms with Gasteiger partial charge in [-0.25, -0.2) is 16.8 Å². The van der Waals surface area contributed by atoms with E-state index >= 15 is 0 Å². The van der Waals surface area contributed by atoms with Crippen molar-refractivity contribution in [3.63, 3.8) is 0 Å². The molecule has 0 radical (unpaired) electrons. The number of para-hydroxylation sites is 2. The third-order valence-electron chi connectivity index (χ3n) is 6.27. The molecule has 0 spiro atoms. The van der Waals surface area contributed by atoms with Crippen LogP contribution in [0.15, 0.2) is 76.5 Å². The lowest BCUT2D eigenvalue weighted by atomic mass is 10.2. The number of nitrogens with zero attached hydrogens (tertiary/aromatic N) is 2. The van der Waals surface area contributed by atoms with Gasteiger partial charge >= 0.3 is 0 Å². The van der Waals surface area contributed by atoms with Crippen molar-refractivity contribution < 1.29 is 31.1 Å². The largest absolute Gasteiger partial charge is 0.495 e. The maximum atomic E-state index is 13.8. The molecule has 1 amide bonds. The van der Waals surface area contributed by atoms with Crippen LogP contribution in [0.3, 0.4) is 0 Å². The SMILES string of the molecule is CCOc1ccccc1N(CC(=O)Nc1cc(S(=O)(=O)N2CCCC2)ccc1OC)S(=O)(=O)c1ccc(Cl)cc1. The van der Waals surface area contributed by atoms with Crippen LogP contribution in [0.25, 0.3) is 0 Å². The summed E-state index contributed by atoms with van der Waals surface area (Å²) in [6.07, 6.45) is 1.56. The first-order chi connectivity index (χ1) is 19.1. The molecule has 3 aromatic carbocycles. The third-order valence-corrected chi connectivity index (χ3v) is 10.2. The van der Waals surface area contributed by atoms with E-state index in [1.165, 1.54) is 59.9 Å². The van der Waals surface area contributed by atoms with Crippen LogP contribution >= 0.6 is 11.6 Å². The third kappa shape index (κ3) is 6.35. The summed E-state index contributed by atoms with van der Waals surface area (Å²) in [5, 5.41) is 2.99. The maximum Gasteiger partial charge on any atom is 0.264 e. The van der Waals surface area contributed by atoms with Crippen molar-refractivity contribution in [3.8, 4) is 11.5 Å². The van der Waals surface area contributed by atoms with Crippen molar-refractivity contribution in [2.45, 2.75) is 29.6 Å². The molecule has 10 nitrogen and oxygen atoms in total. The molecule has 0 bridgehead atoms. The highest BCUT2D eigenvalue weighted by Gasteiger charge is 2.31. The van der Waals surface area contributed by atoms with Crippen LogP contribution in [0, 0.1) is 0 Å². The van der Waals surface area contributed by atoms with Crippen LogP contribution in [0.4, 0.5) is 11.4 Å². The average molecular weight is 608 g/mol. The lowest BCUT2D eigenvalue weighted by Crippen LogP contribution is -2.38. The number of amides is 1. The summed E-state index contributed by atoms with van der Waals surface area (Å²) < 4.78 is 67.1. The van der Waals surface area contributed by atoms with Gasteiger partial charge in [0.2, 0.25) is 15.9 Å². The molecule has 1 aliphatic rings. The molecule has 1 fully saturated rings. The van der Waals surface area contributed by atoms with Gasteiger partial charge < -0.3 is 14.8 Å². The molecular weight excluding hydrogens is 578 g/mol. The fraction of sp³-hybridized carbons (Fsp3) is 0.296. The summed E-state index contributed by atoms with van der Waals surface area (Å²) in [7, 11) is -6.64. The fourth-order valence-corrected chi connectivity index (χ4v) is 7.42. The van der Waals surface area contributed by atoms with Gasteiger partial charge in [-0.1, -0.05) is 23.7 Å². The number of rotatable bonds is 11. The van der Waals surface area contributed by atoms with Crippen LogP contribution in [-0.4, -0.2) is 60.4 Å². The Bertz CT molecular complexity index is 1570. The summed E-state index contributed by atoms with van der Waals surface area (Å²) in [4.78, 5) is 13.3. The minimum Gasteiger partial charge on any atom is -0.495 e. The van der Waals surface area contributed by atoms with Gasteiger partial charge in [0.25, 0.3) is 10.0 Å². The Morgan fingerprint density at radius 2 is 1.60 bits per heavy atom. The minimum atomic E-state index is -4.26. The molecule has 1 N–H and O–H groups in total. The molecule has 214 valence electrons. The Kier molecular flexibility index (Phi) is 9.24. The van der Waals surface area contributed by atoms with Gasteiger partial charge in [0.05, 0.1) is 34.9 Å². The topological polar surface area (TPSA) is 122 Å². The monoisotopic (exact) mass is 607 g/mol. The van der Waals surface area contributed by atoms with E-state index in [9.17, 15) is 21.6 Å². The summed E-state index contributed by atoms with van der Waals surface area (Å²) in [6, 6.07) is 16.2. The summed E-state index contributed by atoms with van der Waals surface area (Å²) in [5.74, 6) is -0.236. The first kappa shape index (κ1) is 29.7. The number of carbonyl (C=O) groups excluding carboxylic acids is 1. The summed E-state index contributed by atoms with van der Waals surface area (Å²) in [5.41, 5.74) is 0.251. The van der Waals surface area contributed by atoms with Crippen molar-refractivity contribution >= 4 is 48.9 Å². The van der Waals surface area contributed by atoms with Gasteiger partial charge in [-0.05, 0) is 74.4 Å². The van der Waals surface area contributed by atoms with E-state index in [0.29, 0.717) is 18.1 Å². The molecule has 0 aliphatic carbocycles. The standard InChI is InChI=1S/C27H30ClN3O7S2/c1-3-38-26-9-5-4-8-24(26)31(40(35,36)21-12-10-20(28)11-13-21)19-27(32)29-23-18-22(14-15-25(23)37-2)39(33,34)30-16-6-7-17-30/h4-5,8-15,18H,3,6-7,16-17,19H2,1-2H3,(H,29,32). The van der Waals surface area contributed by atoms with Crippen molar-refractivity contribution in [2.24, 2.45) is 0 Å². The van der Waals surface area contributed by atoms with Crippen molar-refractivity contribution in [1.29, 1.82) is 0 Å². The molecule has 1 aliphatic heterocycles. The van der Waals surface area contributed by atoms with E-state index < -0.39 is 32.5 Å². The highest BCUT2D eigenvalue weighted by Crippen LogP contribution is 2.34. The van der Waals surface area contributed by atoms with Crippen molar-refractivity contribution in [3.05, 3.63) is 71.8 Å². The minimum absolute atomic E-state index is 0.00201. The molecule has 40 heavy (non-hydrogen) atoms. The molecule has 13 heteroatoms. The number of ether oxygens (including phenoxy) is 2. The zero-order valence-corrected chi connectivity index (χ0v) is 24.4. The van der Waals surface area contributed by atoms with E-state index in [1.807, 2.05) is 0 Å². The van der Waals surface area contributed by atoms with E-state index in [4.69, 9.17) is 21.1 Å². The number of halogens is 1. The van der Waals surface area contributed by atoms with Gasteiger partial charge in [0, 0.05) is 18.1 Å². The maximum absolute atomic E-state index is 13.8. The molecule has 0 saturated carbocycles. The van der Waals surface area contributed by atoms with Crippen LogP contribution in [0.5, 0.6) is 11.5 Å². The van der Waals surface area contributed by atoms with Crippen LogP contribution in [0.1, 0.15) is 19.8 Å². The van der Waals surface area contributed by atoms with Gasteiger partial charge in [-0.2, -0.15) is 4.31 Å². The zero-order chi connectivity index (χ0) is 28.9. The lowest BCUT2D eigenvalue weighted by Gasteiger charge is -2.26. The van der Waals surface area contributed by atoms with E-state index in [2.05, 4.69) is 5.32 Å². The molecule has 1 heterocycles. The first-order valence-electron chi connectivity index (χ1n) is 12.6. The Morgan fingerprint density at radius 3 is 2.25 bits per heavy atom. The van der Waals surface area contributed by atoms with E-state index in [0.717, 1.165) is 17.1 Å². The quantitative estimate of drug-likeness (QED) is 0.343. The van der Waals surface area contributed by atoms with Gasteiger partial charge in [-0.3, -0.25) is 9.10 Å². The Balaban J connectivity index is 1.70. The van der Waals surface area contributed by atoms with Crippen molar-refractivity contribution in [1.82, 2.24) is 4.31 Å². The lowest BCUT2D eigenvalue weighted by molar-refractivity contribution is -0.114. The second kappa shape index (κ2) is 12.5. The Labute approximate surface area is 239 Å². The Morgan fingerprint density at radius 1 is 0.950 bits per heavy atom.